The first kappa shape index (κ1) is 16.0. The third-order valence-corrected chi connectivity index (χ3v) is 5.80. The molecule has 0 spiro atoms. The van der Waals surface area contributed by atoms with Gasteiger partial charge in [0.1, 0.15) is 0 Å². The number of hydroxylamine groups is 2. The highest BCUT2D eigenvalue weighted by molar-refractivity contribution is 7.10. The second-order valence-corrected chi connectivity index (χ2v) is 7.26. The Balaban J connectivity index is 1.58. The van der Waals surface area contributed by atoms with Gasteiger partial charge in [0.25, 0.3) is 11.8 Å². The quantitative estimate of drug-likeness (QED) is 0.769. The van der Waals surface area contributed by atoms with Crippen LogP contribution in [-0.2, 0) is 17.7 Å². The number of fused-ring (bicyclic) bond motifs is 2. The summed E-state index contributed by atoms with van der Waals surface area (Å²) in [7, 11) is 0. The van der Waals surface area contributed by atoms with Crippen molar-refractivity contribution in [1.29, 1.82) is 0 Å². The van der Waals surface area contributed by atoms with Gasteiger partial charge in [0.2, 0.25) is 0 Å². The Bertz CT molecular complexity index is 835. The number of imide groups is 1. The number of thiophene rings is 1. The molecule has 4 rings (SSSR count). The molecule has 2 heterocycles. The molecule has 25 heavy (non-hydrogen) atoms. The highest BCUT2D eigenvalue weighted by atomic mass is 32.1. The highest BCUT2D eigenvalue weighted by Crippen LogP contribution is 2.30. The van der Waals surface area contributed by atoms with Gasteiger partial charge < -0.3 is 4.84 Å². The molecule has 0 atom stereocenters. The van der Waals surface area contributed by atoms with Crippen LogP contribution in [0.1, 0.15) is 67.2 Å². The van der Waals surface area contributed by atoms with Crippen LogP contribution in [0, 0.1) is 0 Å². The molecule has 0 N–H and O–H groups in total. The summed E-state index contributed by atoms with van der Waals surface area (Å²) in [5.74, 6) is -1.81. The van der Waals surface area contributed by atoms with Crippen molar-refractivity contribution in [3.8, 4) is 0 Å². The van der Waals surface area contributed by atoms with Crippen LogP contribution in [0.4, 0.5) is 0 Å². The molecular formula is C19H17NO4S. The fraction of sp³-hybridized carbons (Fsp3) is 0.316. The molecule has 5 nitrogen and oxygen atoms in total. The maximum atomic E-state index is 12.6. The van der Waals surface area contributed by atoms with E-state index in [4.69, 9.17) is 4.84 Å². The molecule has 128 valence electrons. The van der Waals surface area contributed by atoms with Gasteiger partial charge in [0.05, 0.1) is 16.7 Å². The van der Waals surface area contributed by atoms with E-state index in [0.717, 1.165) is 37.7 Å². The standard InChI is InChI=1S/C19H17NO4S/c21-17-13-8-5-6-9-14(13)18(22)20(17)24-19(23)15-11-25-16-10-4-2-1-3-7-12(15)16/h5-6,8-9,11H,1-4,7,10H2. The zero-order valence-corrected chi connectivity index (χ0v) is 14.4. The van der Waals surface area contributed by atoms with Crippen LogP contribution in [-0.4, -0.2) is 22.8 Å². The summed E-state index contributed by atoms with van der Waals surface area (Å²) in [5.41, 5.74) is 2.03. The average Bonchev–Trinajstić information content (AvgIpc) is 3.09. The van der Waals surface area contributed by atoms with Gasteiger partial charge in [-0.3, -0.25) is 9.59 Å². The Morgan fingerprint density at radius 2 is 1.60 bits per heavy atom. The van der Waals surface area contributed by atoms with Crippen LogP contribution in [0.5, 0.6) is 0 Å². The molecule has 6 heteroatoms. The third kappa shape index (κ3) is 2.76. The molecule has 1 aromatic carbocycles. The van der Waals surface area contributed by atoms with Crippen molar-refractivity contribution >= 4 is 29.1 Å². The molecule has 1 aliphatic carbocycles. The van der Waals surface area contributed by atoms with E-state index in [0.29, 0.717) is 10.6 Å². The van der Waals surface area contributed by atoms with Crippen LogP contribution >= 0.6 is 11.3 Å². The van der Waals surface area contributed by atoms with Gasteiger partial charge in [0, 0.05) is 10.3 Å². The largest absolute Gasteiger partial charge is 0.365 e. The van der Waals surface area contributed by atoms with Crippen LogP contribution in [0.3, 0.4) is 0 Å². The minimum atomic E-state index is -0.632. The number of carbonyl (C=O) groups excluding carboxylic acids is 3. The molecule has 1 aromatic heterocycles. The Morgan fingerprint density at radius 1 is 0.960 bits per heavy atom. The van der Waals surface area contributed by atoms with Crippen molar-refractivity contribution in [3.05, 3.63) is 56.8 Å². The van der Waals surface area contributed by atoms with E-state index < -0.39 is 17.8 Å². The molecule has 0 unspecified atom stereocenters. The van der Waals surface area contributed by atoms with Crippen molar-refractivity contribution in [1.82, 2.24) is 5.06 Å². The van der Waals surface area contributed by atoms with Crippen molar-refractivity contribution in [2.24, 2.45) is 0 Å². The first-order chi connectivity index (χ1) is 12.2. The van der Waals surface area contributed by atoms with Gasteiger partial charge in [-0.2, -0.15) is 0 Å². The minimum absolute atomic E-state index is 0.265. The fourth-order valence-corrected chi connectivity index (χ4v) is 4.52. The van der Waals surface area contributed by atoms with Gasteiger partial charge in [-0.15, -0.1) is 11.3 Å². The van der Waals surface area contributed by atoms with Gasteiger partial charge in [-0.25, -0.2) is 4.79 Å². The van der Waals surface area contributed by atoms with E-state index in [9.17, 15) is 14.4 Å². The molecule has 0 saturated heterocycles. The van der Waals surface area contributed by atoms with Crippen LogP contribution in [0.2, 0.25) is 0 Å². The van der Waals surface area contributed by atoms with E-state index in [1.165, 1.54) is 11.3 Å². The van der Waals surface area contributed by atoms with Crippen LogP contribution in [0.25, 0.3) is 0 Å². The number of rotatable bonds is 2. The SMILES string of the molecule is O=C(ON1C(=O)c2ccccc2C1=O)c1csc2c1CCCCCC2. The summed E-state index contributed by atoms with van der Waals surface area (Å²) in [6.45, 7) is 0. The summed E-state index contributed by atoms with van der Waals surface area (Å²) in [6, 6.07) is 6.47. The first-order valence-electron chi connectivity index (χ1n) is 8.46. The lowest BCUT2D eigenvalue weighted by Gasteiger charge is -2.14. The van der Waals surface area contributed by atoms with Gasteiger partial charge in [0.15, 0.2) is 0 Å². The molecule has 2 aliphatic rings. The van der Waals surface area contributed by atoms with Crippen molar-refractivity contribution < 1.29 is 19.2 Å². The van der Waals surface area contributed by atoms with E-state index in [1.54, 1.807) is 41.0 Å². The lowest BCUT2D eigenvalue weighted by Crippen LogP contribution is -2.32. The number of nitrogens with zero attached hydrogens (tertiary/aromatic N) is 1. The molecule has 0 saturated carbocycles. The second-order valence-electron chi connectivity index (χ2n) is 6.29. The van der Waals surface area contributed by atoms with E-state index in [1.807, 2.05) is 0 Å². The number of carbonyl (C=O) groups is 3. The van der Waals surface area contributed by atoms with Gasteiger partial charge in [-0.1, -0.05) is 30.0 Å². The third-order valence-electron chi connectivity index (χ3n) is 4.71. The average molecular weight is 355 g/mol. The van der Waals surface area contributed by atoms with Crippen molar-refractivity contribution in [2.45, 2.75) is 38.5 Å². The van der Waals surface area contributed by atoms with Crippen molar-refractivity contribution in [3.63, 3.8) is 0 Å². The molecule has 0 radical (unpaired) electrons. The van der Waals surface area contributed by atoms with Gasteiger partial charge in [-0.05, 0) is 43.4 Å². The Labute approximate surface area is 149 Å². The molecule has 1 aliphatic heterocycles. The first-order valence-corrected chi connectivity index (χ1v) is 9.34. The van der Waals surface area contributed by atoms with Crippen molar-refractivity contribution in [2.75, 3.05) is 0 Å². The predicted octanol–water partition coefficient (Wildman–Crippen LogP) is 3.78. The number of hydrogen-bond donors (Lipinski definition) is 0. The Morgan fingerprint density at radius 3 is 2.28 bits per heavy atom. The maximum absolute atomic E-state index is 12.6. The molecule has 2 amide bonds. The molecule has 2 aromatic rings. The zero-order valence-electron chi connectivity index (χ0n) is 13.6. The number of benzene rings is 1. The fourth-order valence-electron chi connectivity index (χ4n) is 3.40. The zero-order chi connectivity index (χ0) is 17.4. The summed E-state index contributed by atoms with van der Waals surface area (Å²) in [5, 5.41) is 2.37. The molecule has 0 fully saturated rings. The summed E-state index contributed by atoms with van der Waals surface area (Å²) in [6.07, 6.45) is 6.34. The molecular weight excluding hydrogens is 338 g/mol. The lowest BCUT2D eigenvalue weighted by molar-refractivity contribution is -0.0585. The van der Waals surface area contributed by atoms with Crippen LogP contribution < -0.4 is 0 Å². The monoisotopic (exact) mass is 355 g/mol. The van der Waals surface area contributed by atoms with E-state index in [2.05, 4.69) is 0 Å². The summed E-state index contributed by atoms with van der Waals surface area (Å²) < 4.78 is 0. The van der Waals surface area contributed by atoms with E-state index >= 15 is 0 Å². The number of hydrogen-bond acceptors (Lipinski definition) is 5. The van der Waals surface area contributed by atoms with Crippen LogP contribution in [0.15, 0.2) is 29.6 Å². The predicted molar refractivity (Wildman–Crippen MR) is 92.6 cm³/mol. The lowest BCUT2D eigenvalue weighted by atomic mass is 9.97. The molecule has 0 bridgehead atoms. The second kappa shape index (κ2) is 6.44. The minimum Gasteiger partial charge on any atom is -0.324 e. The topological polar surface area (TPSA) is 63.7 Å². The number of amides is 2. The van der Waals surface area contributed by atoms with E-state index in [-0.39, 0.29) is 11.1 Å². The Hall–Kier alpha value is -2.47. The summed E-state index contributed by atoms with van der Waals surface area (Å²) in [4.78, 5) is 43.7. The smallest absolute Gasteiger partial charge is 0.324 e. The Kier molecular flexibility index (Phi) is 4.13. The number of aryl methyl sites for hydroxylation is 1. The maximum Gasteiger partial charge on any atom is 0.365 e. The summed E-state index contributed by atoms with van der Waals surface area (Å²) >= 11 is 1.56. The van der Waals surface area contributed by atoms with Gasteiger partial charge >= 0.3 is 5.97 Å². The highest BCUT2D eigenvalue weighted by Gasteiger charge is 2.39. The normalized spacial score (nSPS) is 16.9.